The van der Waals surface area contributed by atoms with Crippen LogP contribution in [0.15, 0.2) is 16.7 Å². The van der Waals surface area contributed by atoms with Crippen molar-refractivity contribution in [2.24, 2.45) is 0 Å². The highest BCUT2D eigenvalue weighted by Gasteiger charge is 1.85. The summed E-state index contributed by atoms with van der Waals surface area (Å²) in [6.45, 7) is 0. The third-order valence-corrected chi connectivity index (χ3v) is 0.619. The zero-order valence-electron chi connectivity index (χ0n) is 3.55. The lowest BCUT2D eigenvalue weighted by atomic mass is 10.4. The van der Waals surface area contributed by atoms with Gasteiger partial charge in [0.05, 0.1) is 11.8 Å². The molecular weight excluding hydrogens is 92.1 g/mol. The molecule has 0 N–H and O–H groups in total. The molecule has 0 saturated carbocycles. The molecular formula is C5H3O2. The van der Waals surface area contributed by atoms with Crippen LogP contribution >= 0.6 is 0 Å². The second-order valence-electron chi connectivity index (χ2n) is 1.10. The first kappa shape index (κ1) is 4.12. The fraction of sp³-hybridized carbons (Fsp3) is 0. The molecule has 0 amide bonds. The summed E-state index contributed by atoms with van der Waals surface area (Å²) < 4.78 is 4.45. The molecule has 2 nitrogen and oxygen atoms in total. The van der Waals surface area contributed by atoms with Crippen LogP contribution in [0.4, 0.5) is 0 Å². The van der Waals surface area contributed by atoms with Gasteiger partial charge in [0.25, 0.3) is 0 Å². The van der Waals surface area contributed by atoms with Crippen molar-refractivity contribution >= 4 is 6.29 Å². The molecule has 0 aliphatic carbocycles. The Morgan fingerprint density at radius 3 is 3.00 bits per heavy atom. The third-order valence-electron chi connectivity index (χ3n) is 0.619. The van der Waals surface area contributed by atoms with Crippen LogP contribution in [0, 0.1) is 6.26 Å². The number of rotatable bonds is 1. The molecule has 0 aliphatic rings. The minimum absolute atomic E-state index is 0.458. The zero-order valence-corrected chi connectivity index (χ0v) is 3.55. The predicted octanol–water partition coefficient (Wildman–Crippen LogP) is 0.892. The molecule has 0 unspecified atom stereocenters. The van der Waals surface area contributed by atoms with Gasteiger partial charge in [-0.05, 0) is 6.07 Å². The van der Waals surface area contributed by atoms with E-state index in [0.717, 1.165) is 0 Å². The lowest BCUT2D eigenvalue weighted by Gasteiger charge is -1.62. The minimum Gasteiger partial charge on any atom is -0.460 e. The lowest BCUT2D eigenvalue weighted by molar-refractivity contribution is 0.112. The maximum atomic E-state index is 9.78. The minimum atomic E-state index is 0.458. The molecule has 7 heavy (non-hydrogen) atoms. The summed E-state index contributed by atoms with van der Waals surface area (Å²) in [6, 6.07) is 1.55. The Balaban J connectivity index is 2.96. The van der Waals surface area contributed by atoms with E-state index in [-0.39, 0.29) is 0 Å². The lowest BCUT2D eigenvalue weighted by Crippen LogP contribution is -1.65. The summed E-state index contributed by atoms with van der Waals surface area (Å²) >= 11 is 0. The Morgan fingerprint density at radius 2 is 2.71 bits per heavy atom. The van der Waals surface area contributed by atoms with Gasteiger partial charge in [0.2, 0.25) is 0 Å². The average Bonchev–Trinajstić information content (AvgIpc) is 2.14. The first-order valence-electron chi connectivity index (χ1n) is 1.84. The van der Waals surface area contributed by atoms with E-state index in [0.29, 0.717) is 11.8 Å². The van der Waals surface area contributed by atoms with Crippen LogP contribution in [-0.4, -0.2) is 6.29 Å². The molecule has 0 spiro atoms. The van der Waals surface area contributed by atoms with Crippen molar-refractivity contribution in [2.75, 3.05) is 0 Å². The predicted molar refractivity (Wildman–Crippen MR) is 22.9 cm³/mol. The Morgan fingerprint density at radius 1 is 1.86 bits per heavy atom. The van der Waals surface area contributed by atoms with Gasteiger partial charge >= 0.3 is 0 Å². The molecule has 1 aromatic rings. The van der Waals surface area contributed by atoms with Crippen LogP contribution < -0.4 is 0 Å². The number of carbonyl (C=O) groups excluding carboxylic acids is 1. The van der Waals surface area contributed by atoms with Gasteiger partial charge in [-0.15, -0.1) is 0 Å². The maximum Gasteiger partial charge on any atom is 0.180 e. The summed E-state index contributed by atoms with van der Waals surface area (Å²) in [7, 11) is 0. The van der Waals surface area contributed by atoms with Gasteiger partial charge in [-0.25, -0.2) is 0 Å². The van der Waals surface area contributed by atoms with Crippen molar-refractivity contribution in [3.05, 3.63) is 24.2 Å². The van der Waals surface area contributed by atoms with Crippen LogP contribution in [0.25, 0.3) is 0 Å². The molecule has 1 heterocycles. The molecule has 35 valence electrons. The van der Waals surface area contributed by atoms with Crippen molar-refractivity contribution in [3.8, 4) is 0 Å². The summed E-state index contributed by atoms with van der Waals surface area (Å²) in [5, 5.41) is 0. The van der Waals surface area contributed by atoms with Gasteiger partial charge in [-0.3, -0.25) is 4.79 Å². The van der Waals surface area contributed by atoms with E-state index < -0.39 is 0 Å². The van der Waals surface area contributed by atoms with Crippen molar-refractivity contribution in [3.63, 3.8) is 0 Å². The first-order chi connectivity index (χ1) is 3.43. The van der Waals surface area contributed by atoms with Gasteiger partial charge in [0.1, 0.15) is 0 Å². The van der Waals surface area contributed by atoms with Gasteiger partial charge in [0, 0.05) is 0 Å². The van der Waals surface area contributed by atoms with E-state index in [1.807, 2.05) is 0 Å². The largest absolute Gasteiger partial charge is 0.460 e. The molecule has 0 bridgehead atoms. The number of hydrogen-bond donors (Lipinski definition) is 0. The van der Waals surface area contributed by atoms with Gasteiger partial charge in [-0.2, -0.15) is 0 Å². The molecule has 1 radical (unpaired) electrons. The van der Waals surface area contributed by atoms with E-state index in [2.05, 4.69) is 10.7 Å². The summed E-state index contributed by atoms with van der Waals surface area (Å²) in [6.07, 6.45) is 4.43. The monoisotopic (exact) mass is 95.0 g/mol. The standard InChI is InChI=1S/C5H3O2/c6-3-5-1-2-7-4-5/h1-3H. The van der Waals surface area contributed by atoms with Crippen LogP contribution in [0.2, 0.25) is 0 Å². The highest BCUT2D eigenvalue weighted by molar-refractivity contribution is 5.73. The van der Waals surface area contributed by atoms with Gasteiger partial charge in [-0.1, -0.05) is 0 Å². The number of furan rings is 1. The smallest absolute Gasteiger partial charge is 0.180 e. The summed E-state index contributed by atoms with van der Waals surface area (Å²) in [5.74, 6) is 0. The Labute approximate surface area is 40.8 Å². The van der Waals surface area contributed by atoms with Crippen LogP contribution in [0.3, 0.4) is 0 Å². The number of hydrogen-bond acceptors (Lipinski definition) is 2. The zero-order chi connectivity index (χ0) is 5.11. The Kier molecular flexibility index (Phi) is 0.941. The SMILES string of the molecule is O=Cc1[c]occ1. The summed E-state index contributed by atoms with van der Waals surface area (Å²) in [5.41, 5.74) is 0.458. The molecule has 0 saturated heterocycles. The fourth-order valence-electron chi connectivity index (χ4n) is 0.307. The molecule has 1 rings (SSSR count). The molecule has 2 heteroatoms. The van der Waals surface area contributed by atoms with Crippen molar-refractivity contribution in [2.45, 2.75) is 0 Å². The molecule has 0 aromatic carbocycles. The Bertz CT molecular complexity index is 141. The number of carbonyl (C=O) groups is 1. The molecule has 1 aromatic heterocycles. The average molecular weight is 95.1 g/mol. The fourth-order valence-corrected chi connectivity index (χ4v) is 0.307. The van der Waals surface area contributed by atoms with Crippen molar-refractivity contribution in [1.82, 2.24) is 0 Å². The Hall–Kier alpha value is -1.05. The van der Waals surface area contributed by atoms with Gasteiger partial charge < -0.3 is 4.42 Å². The molecule has 0 fully saturated rings. The van der Waals surface area contributed by atoms with E-state index in [1.54, 1.807) is 6.07 Å². The molecule has 0 aliphatic heterocycles. The first-order valence-corrected chi connectivity index (χ1v) is 1.84. The van der Waals surface area contributed by atoms with Crippen LogP contribution in [-0.2, 0) is 0 Å². The van der Waals surface area contributed by atoms with E-state index in [1.165, 1.54) is 6.26 Å². The van der Waals surface area contributed by atoms with E-state index >= 15 is 0 Å². The normalized spacial score (nSPS) is 8.57. The van der Waals surface area contributed by atoms with Gasteiger partial charge in [0.15, 0.2) is 12.5 Å². The van der Waals surface area contributed by atoms with Crippen molar-refractivity contribution in [1.29, 1.82) is 0 Å². The van der Waals surface area contributed by atoms with E-state index in [9.17, 15) is 4.79 Å². The second kappa shape index (κ2) is 1.60. The van der Waals surface area contributed by atoms with Crippen molar-refractivity contribution < 1.29 is 9.21 Å². The highest BCUT2D eigenvalue weighted by atomic mass is 16.3. The van der Waals surface area contributed by atoms with E-state index in [4.69, 9.17) is 0 Å². The maximum absolute atomic E-state index is 9.78. The second-order valence-corrected chi connectivity index (χ2v) is 1.10. The van der Waals surface area contributed by atoms with Crippen LogP contribution in [0.5, 0.6) is 0 Å². The highest BCUT2D eigenvalue weighted by Crippen LogP contribution is 1.91. The number of aldehydes is 1. The summed E-state index contributed by atoms with van der Waals surface area (Å²) in [4.78, 5) is 9.78. The van der Waals surface area contributed by atoms with Crippen LogP contribution in [0.1, 0.15) is 10.4 Å². The quantitative estimate of drug-likeness (QED) is 0.485. The third kappa shape index (κ3) is 0.682. The molecule has 0 atom stereocenters. The topological polar surface area (TPSA) is 30.2 Å².